The van der Waals surface area contributed by atoms with Crippen molar-refractivity contribution in [3.63, 3.8) is 0 Å². The normalized spacial score (nSPS) is 12.2. The van der Waals surface area contributed by atoms with Crippen LogP contribution in [0.1, 0.15) is 11.1 Å². The number of hydrogen-bond donors (Lipinski definition) is 0. The van der Waals surface area contributed by atoms with Gasteiger partial charge < -0.3 is 0 Å². The third-order valence-corrected chi connectivity index (χ3v) is 4.29. The molecule has 0 aliphatic carbocycles. The van der Waals surface area contributed by atoms with Gasteiger partial charge in [0, 0.05) is 21.1 Å². The molecule has 0 aromatic heterocycles. The summed E-state index contributed by atoms with van der Waals surface area (Å²) in [7, 11) is 0.828. The minimum atomic E-state index is -4.61. The molecule has 0 N–H and O–H groups in total. The van der Waals surface area contributed by atoms with Crippen LogP contribution in [0.5, 0.6) is 0 Å². The minimum absolute atomic E-state index is 0.120. The maximum atomic E-state index is 12.3. The fourth-order valence-corrected chi connectivity index (χ4v) is 3.49. The fraction of sp³-hybridized carbons (Fsp3) is 0.222. The van der Waals surface area contributed by atoms with Crippen LogP contribution in [0.25, 0.3) is 0 Å². The highest BCUT2D eigenvalue weighted by molar-refractivity contribution is 8.13. The van der Waals surface area contributed by atoms with Crippen molar-refractivity contribution in [2.24, 2.45) is 0 Å². The maximum Gasteiger partial charge on any atom is 0.446 e. The topological polar surface area (TPSA) is 57.9 Å². The van der Waals surface area contributed by atoms with Gasteiger partial charge in [0.05, 0.1) is 22.4 Å². The zero-order valence-electron chi connectivity index (χ0n) is 8.83. The second kappa shape index (κ2) is 5.79. The third-order valence-electron chi connectivity index (χ3n) is 1.93. The third kappa shape index (κ3) is 4.45. The SMILES string of the molecule is N#Cc1cc(SC(F)(F)F)cc(S(=O)(=O)Cl)c1CCl. The molecular weight excluding hydrogens is 346 g/mol. The lowest BCUT2D eigenvalue weighted by molar-refractivity contribution is -0.0328. The molecule has 0 spiro atoms. The summed E-state index contributed by atoms with van der Waals surface area (Å²) in [6.07, 6.45) is 0. The summed E-state index contributed by atoms with van der Waals surface area (Å²) in [6, 6.07) is 3.26. The Bertz CT molecular complexity index is 638. The van der Waals surface area contributed by atoms with Crippen molar-refractivity contribution >= 4 is 43.1 Å². The monoisotopic (exact) mass is 349 g/mol. The number of rotatable bonds is 3. The maximum absolute atomic E-state index is 12.3. The number of benzene rings is 1. The molecule has 0 radical (unpaired) electrons. The van der Waals surface area contributed by atoms with E-state index in [2.05, 4.69) is 0 Å². The number of thioether (sulfide) groups is 1. The van der Waals surface area contributed by atoms with Gasteiger partial charge in [0.1, 0.15) is 0 Å². The van der Waals surface area contributed by atoms with Crippen LogP contribution in [-0.2, 0) is 14.9 Å². The fourth-order valence-electron chi connectivity index (χ4n) is 1.27. The zero-order valence-corrected chi connectivity index (χ0v) is 12.0. The Morgan fingerprint density at radius 3 is 2.32 bits per heavy atom. The van der Waals surface area contributed by atoms with Crippen molar-refractivity contribution in [2.45, 2.75) is 21.2 Å². The number of hydrogen-bond acceptors (Lipinski definition) is 4. The van der Waals surface area contributed by atoms with E-state index in [0.29, 0.717) is 0 Å². The zero-order chi connectivity index (χ0) is 14.8. The molecule has 0 aliphatic heterocycles. The molecule has 0 bridgehead atoms. The molecule has 10 heteroatoms. The standard InChI is InChI=1S/C9H4Cl2F3NO2S2/c10-3-7-5(4-15)1-6(18-9(12,13)14)2-8(7)19(11,16)17/h1-2H,3H2. The minimum Gasteiger partial charge on any atom is -0.207 e. The summed E-state index contributed by atoms with van der Waals surface area (Å²) >= 11 is 4.97. The summed E-state index contributed by atoms with van der Waals surface area (Å²) in [5, 5.41) is 8.83. The molecule has 1 aromatic rings. The average molecular weight is 350 g/mol. The Morgan fingerprint density at radius 1 is 1.37 bits per heavy atom. The molecule has 0 heterocycles. The van der Waals surface area contributed by atoms with Crippen LogP contribution in [0, 0.1) is 11.3 Å². The first-order valence-electron chi connectivity index (χ1n) is 4.42. The van der Waals surface area contributed by atoms with Gasteiger partial charge in [-0.15, -0.1) is 11.6 Å². The summed E-state index contributed by atoms with van der Waals surface area (Å²) in [5.74, 6) is -0.360. The summed E-state index contributed by atoms with van der Waals surface area (Å²) in [4.78, 5) is -1.04. The van der Waals surface area contributed by atoms with Crippen molar-refractivity contribution in [1.29, 1.82) is 5.26 Å². The van der Waals surface area contributed by atoms with E-state index >= 15 is 0 Å². The molecule has 0 unspecified atom stereocenters. The van der Waals surface area contributed by atoms with E-state index in [9.17, 15) is 21.6 Å². The van der Waals surface area contributed by atoms with Gasteiger partial charge in [0.25, 0.3) is 9.05 Å². The second-order valence-electron chi connectivity index (χ2n) is 3.18. The van der Waals surface area contributed by atoms with E-state index in [-0.39, 0.29) is 17.0 Å². The number of nitrogens with zero attached hydrogens (tertiary/aromatic N) is 1. The van der Waals surface area contributed by atoms with E-state index in [1.807, 2.05) is 0 Å². The molecular formula is C9H4Cl2F3NO2S2. The Labute approximate surface area is 120 Å². The van der Waals surface area contributed by atoms with E-state index < -0.39 is 36.1 Å². The van der Waals surface area contributed by atoms with Crippen LogP contribution in [0.3, 0.4) is 0 Å². The van der Waals surface area contributed by atoms with E-state index in [1.165, 1.54) is 0 Å². The van der Waals surface area contributed by atoms with Crippen LogP contribution in [0.2, 0.25) is 0 Å². The summed E-state index contributed by atoms with van der Waals surface area (Å²) in [5.41, 5.74) is -4.99. The van der Waals surface area contributed by atoms with Crippen molar-refractivity contribution in [3.8, 4) is 6.07 Å². The van der Waals surface area contributed by atoms with Gasteiger partial charge >= 0.3 is 5.51 Å². The van der Waals surface area contributed by atoms with Crippen LogP contribution < -0.4 is 0 Å². The Kier molecular flexibility index (Phi) is 5.01. The molecule has 3 nitrogen and oxygen atoms in total. The molecule has 0 saturated carbocycles. The molecule has 104 valence electrons. The van der Waals surface area contributed by atoms with E-state index in [0.717, 1.165) is 12.1 Å². The number of halogens is 5. The largest absolute Gasteiger partial charge is 0.446 e. The molecule has 0 amide bonds. The van der Waals surface area contributed by atoms with Crippen LogP contribution in [-0.4, -0.2) is 13.9 Å². The lowest BCUT2D eigenvalue weighted by atomic mass is 10.1. The molecule has 0 aliphatic rings. The van der Waals surface area contributed by atoms with Crippen LogP contribution >= 0.6 is 34.0 Å². The number of nitriles is 1. The molecule has 0 fully saturated rings. The first-order valence-corrected chi connectivity index (χ1v) is 8.08. The Balaban J connectivity index is 3.54. The van der Waals surface area contributed by atoms with Crippen LogP contribution in [0.4, 0.5) is 13.2 Å². The highest BCUT2D eigenvalue weighted by Gasteiger charge is 2.31. The quantitative estimate of drug-likeness (QED) is 0.472. The average Bonchev–Trinajstić information content (AvgIpc) is 2.24. The van der Waals surface area contributed by atoms with Gasteiger partial charge in [-0.2, -0.15) is 18.4 Å². The van der Waals surface area contributed by atoms with Crippen molar-refractivity contribution in [3.05, 3.63) is 23.3 Å². The van der Waals surface area contributed by atoms with E-state index in [4.69, 9.17) is 27.5 Å². The highest BCUT2D eigenvalue weighted by atomic mass is 35.7. The molecule has 19 heavy (non-hydrogen) atoms. The molecule has 0 saturated heterocycles. The molecule has 1 rings (SSSR count). The van der Waals surface area contributed by atoms with Gasteiger partial charge in [-0.05, 0) is 23.9 Å². The van der Waals surface area contributed by atoms with Crippen molar-refractivity contribution < 1.29 is 21.6 Å². The first kappa shape index (κ1) is 16.4. The van der Waals surface area contributed by atoms with Gasteiger partial charge in [-0.25, -0.2) is 8.42 Å². The predicted molar refractivity (Wildman–Crippen MR) is 65.7 cm³/mol. The Hall–Kier alpha value is -0.620. The lowest BCUT2D eigenvalue weighted by Gasteiger charge is -2.11. The Morgan fingerprint density at radius 2 is 1.95 bits per heavy atom. The lowest BCUT2D eigenvalue weighted by Crippen LogP contribution is -2.03. The summed E-state index contributed by atoms with van der Waals surface area (Å²) < 4.78 is 59.4. The van der Waals surface area contributed by atoms with Gasteiger partial charge in [0.15, 0.2) is 0 Å². The smallest absolute Gasteiger partial charge is 0.207 e. The van der Waals surface area contributed by atoms with E-state index in [1.54, 1.807) is 6.07 Å². The highest BCUT2D eigenvalue weighted by Crippen LogP contribution is 2.39. The van der Waals surface area contributed by atoms with Crippen molar-refractivity contribution in [2.75, 3.05) is 0 Å². The van der Waals surface area contributed by atoms with Crippen molar-refractivity contribution in [1.82, 2.24) is 0 Å². The predicted octanol–water partition coefficient (Wildman–Crippen LogP) is 3.84. The van der Waals surface area contributed by atoms with Gasteiger partial charge in [0.2, 0.25) is 0 Å². The first-order chi connectivity index (χ1) is 8.58. The molecule has 1 aromatic carbocycles. The van der Waals surface area contributed by atoms with Gasteiger partial charge in [-0.3, -0.25) is 0 Å². The second-order valence-corrected chi connectivity index (χ2v) is 7.12. The number of alkyl halides is 4. The summed E-state index contributed by atoms with van der Waals surface area (Å²) in [6.45, 7) is 0. The van der Waals surface area contributed by atoms with Gasteiger partial charge in [-0.1, -0.05) is 0 Å². The van der Waals surface area contributed by atoms with Crippen LogP contribution in [0.15, 0.2) is 21.9 Å². The molecule has 0 atom stereocenters.